The van der Waals surface area contributed by atoms with Crippen molar-refractivity contribution in [2.75, 3.05) is 10.6 Å². The molecule has 0 aliphatic rings. The van der Waals surface area contributed by atoms with Crippen molar-refractivity contribution in [3.8, 4) is 0 Å². The molecule has 1 heterocycles. The average Bonchev–Trinajstić information content (AvgIpc) is 2.80. The van der Waals surface area contributed by atoms with Crippen LogP contribution in [0.2, 0.25) is 0 Å². The van der Waals surface area contributed by atoms with Gasteiger partial charge in [0.1, 0.15) is 0 Å². The minimum Gasteiger partial charge on any atom is -0.326 e. The van der Waals surface area contributed by atoms with Gasteiger partial charge in [-0.05, 0) is 46.6 Å². The van der Waals surface area contributed by atoms with Crippen molar-refractivity contribution in [1.82, 2.24) is 0 Å². The fourth-order valence-corrected chi connectivity index (χ4v) is 2.86. The number of anilines is 2. The van der Waals surface area contributed by atoms with E-state index in [0.29, 0.717) is 16.9 Å². The molecule has 0 unspecified atom stereocenters. The van der Waals surface area contributed by atoms with Gasteiger partial charge in [0.15, 0.2) is 0 Å². The van der Waals surface area contributed by atoms with Crippen LogP contribution in [0.4, 0.5) is 11.4 Å². The summed E-state index contributed by atoms with van der Waals surface area (Å²) in [5.41, 5.74) is 2.81. The summed E-state index contributed by atoms with van der Waals surface area (Å²) in [6.45, 7) is 3.30. The van der Waals surface area contributed by atoms with Crippen molar-refractivity contribution in [3.05, 3.63) is 44.6 Å². The summed E-state index contributed by atoms with van der Waals surface area (Å²) in [6.07, 6.45) is 0. The largest absolute Gasteiger partial charge is 0.326 e. The van der Waals surface area contributed by atoms with E-state index in [1.54, 1.807) is 29.6 Å². The highest BCUT2D eigenvalue weighted by Gasteiger charge is 2.11. The van der Waals surface area contributed by atoms with Crippen LogP contribution in [0.25, 0.3) is 0 Å². The lowest BCUT2D eigenvalue weighted by atomic mass is 10.1. The van der Waals surface area contributed by atoms with E-state index in [2.05, 4.69) is 26.6 Å². The zero-order valence-corrected chi connectivity index (χ0v) is 13.4. The molecule has 0 atom stereocenters. The monoisotopic (exact) mass is 352 g/mol. The number of carbonyl (C=O) groups excluding carboxylic acids is 2. The smallest absolute Gasteiger partial charge is 0.256 e. The van der Waals surface area contributed by atoms with Crippen molar-refractivity contribution in [1.29, 1.82) is 0 Å². The van der Waals surface area contributed by atoms with Crippen LogP contribution in [0.15, 0.2) is 33.4 Å². The van der Waals surface area contributed by atoms with E-state index in [4.69, 9.17) is 0 Å². The normalized spacial score (nSPS) is 10.2. The molecule has 0 aliphatic heterocycles. The molecule has 1 aromatic heterocycles. The van der Waals surface area contributed by atoms with Crippen LogP contribution in [0.5, 0.6) is 0 Å². The third kappa shape index (κ3) is 3.46. The molecule has 2 amide bonds. The summed E-state index contributed by atoms with van der Waals surface area (Å²) >= 11 is 4.79. The second-order valence-corrected chi connectivity index (χ2v) is 6.54. The Hall–Kier alpha value is -1.66. The number of hydrogen-bond donors (Lipinski definition) is 2. The van der Waals surface area contributed by atoms with Gasteiger partial charge < -0.3 is 10.6 Å². The number of amides is 2. The second-order valence-electron chi connectivity index (χ2n) is 4.25. The van der Waals surface area contributed by atoms with Crippen LogP contribution in [0.3, 0.4) is 0 Å². The zero-order valence-electron chi connectivity index (χ0n) is 11.0. The van der Waals surface area contributed by atoms with E-state index in [0.717, 1.165) is 9.35 Å². The Balaban J connectivity index is 2.21. The van der Waals surface area contributed by atoms with E-state index >= 15 is 0 Å². The lowest BCUT2D eigenvalue weighted by Crippen LogP contribution is -2.13. The second kappa shape index (κ2) is 6.19. The van der Waals surface area contributed by atoms with Gasteiger partial charge in [0, 0.05) is 23.7 Å². The fourth-order valence-electron chi connectivity index (χ4n) is 1.72. The van der Waals surface area contributed by atoms with Crippen LogP contribution in [-0.4, -0.2) is 11.8 Å². The molecule has 104 valence electrons. The molecule has 0 spiro atoms. The minimum atomic E-state index is -0.171. The third-order valence-electron chi connectivity index (χ3n) is 2.72. The molecule has 2 N–H and O–H groups in total. The van der Waals surface area contributed by atoms with Gasteiger partial charge in [0.25, 0.3) is 5.91 Å². The summed E-state index contributed by atoms with van der Waals surface area (Å²) < 4.78 is 0.909. The molecule has 2 rings (SSSR count). The molecule has 4 nitrogen and oxygen atoms in total. The molecule has 6 heteroatoms. The highest BCUT2D eigenvalue weighted by Crippen LogP contribution is 2.25. The number of thiophene rings is 1. The van der Waals surface area contributed by atoms with E-state index in [-0.39, 0.29) is 11.8 Å². The van der Waals surface area contributed by atoms with Gasteiger partial charge in [-0.25, -0.2) is 0 Å². The molecule has 0 saturated heterocycles. The number of benzene rings is 1. The molecule has 0 fully saturated rings. The Labute approximate surface area is 129 Å². The summed E-state index contributed by atoms with van der Waals surface area (Å²) in [5, 5.41) is 7.37. The number of nitrogens with one attached hydrogen (secondary N) is 2. The van der Waals surface area contributed by atoms with E-state index in [1.165, 1.54) is 18.3 Å². The van der Waals surface area contributed by atoms with Crippen LogP contribution < -0.4 is 10.6 Å². The van der Waals surface area contributed by atoms with Crippen LogP contribution >= 0.6 is 27.3 Å². The van der Waals surface area contributed by atoms with Crippen molar-refractivity contribution in [2.45, 2.75) is 13.8 Å². The van der Waals surface area contributed by atoms with E-state index in [1.807, 2.05) is 6.92 Å². The SMILES string of the molecule is CC(=O)Nc1cccc(NC(=O)c2csc(Br)c2)c1C. The lowest BCUT2D eigenvalue weighted by molar-refractivity contribution is -0.114. The van der Waals surface area contributed by atoms with Gasteiger partial charge in [-0.1, -0.05) is 6.07 Å². The maximum absolute atomic E-state index is 12.1. The number of rotatable bonds is 3. The highest BCUT2D eigenvalue weighted by atomic mass is 79.9. The van der Waals surface area contributed by atoms with Gasteiger partial charge in [0.05, 0.1) is 9.35 Å². The topological polar surface area (TPSA) is 58.2 Å². The number of halogens is 1. The first kappa shape index (κ1) is 14.7. The van der Waals surface area contributed by atoms with Gasteiger partial charge in [-0.3, -0.25) is 9.59 Å². The number of carbonyl (C=O) groups is 2. The van der Waals surface area contributed by atoms with E-state index in [9.17, 15) is 9.59 Å². The summed E-state index contributed by atoms with van der Waals surface area (Å²) in [6, 6.07) is 7.16. The van der Waals surface area contributed by atoms with Crippen molar-refractivity contribution in [2.24, 2.45) is 0 Å². The molecular weight excluding hydrogens is 340 g/mol. The standard InChI is InChI=1S/C14H13BrN2O2S/c1-8-11(16-9(2)18)4-3-5-12(8)17-14(19)10-6-13(15)20-7-10/h3-7H,1-2H3,(H,16,18)(H,17,19). The number of hydrogen-bond acceptors (Lipinski definition) is 3. The van der Waals surface area contributed by atoms with Crippen LogP contribution in [0.1, 0.15) is 22.8 Å². The van der Waals surface area contributed by atoms with Crippen molar-refractivity contribution < 1.29 is 9.59 Å². The molecule has 1 aromatic carbocycles. The van der Waals surface area contributed by atoms with Gasteiger partial charge in [-0.15, -0.1) is 11.3 Å². The van der Waals surface area contributed by atoms with Crippen LogP contribution in [0, 0.1) is 6.92 Å². The maximum atomic E-state index is 12.1. The van der Waals surface area contributed by atoms with Crippen molar-refractivity contribution >= 4 is 50.5 Å². The molecule has 0 aliphatic carbocycles. The quantitative estimate of drug-likeness (QED) is 0.875. The first-order chi connectivity index (χ1) is 9.47. The molecular formula is C14H13BrN2O2S. The summed E-state index contributed by atoms with van der Waals surface area (Å²) in [7, 11) is 0. The fraction of sp³-hybridized carbons (Fsp3) is 0.143. The molecule has 0 radical (unpaired) electrons. The average molecular weight is 353 g/mol. The van der Waals surface area contributed by atoms with Gasteiger partial charge in [0.2, 0.25) is 5.91 Å². The predicted octanol–water partition coefficient (Wildman–Crippen LogP) is 4.03. The first-order valence-corrected chi connectivity index (χ1v) is 7.57. The first-order valence-electron chi connectivity index (χ1n) is 5.90. The van der Waals surface area contributed by atoms with Crippen LogP contribution in [-0.2, 0) is 4.79 Å². The zero-order chi connectivity index (χ0) is 14.7. The van der Waals surface area contributed by atoms with E-state index < -0.39 is 0 Å². The van der Waals surface area contributed by atoms with Gasteiger partial charge >= 0.3 is 0 Å². The Morgan fingerprint density at radius 2 is 1.85 bits per heavy atom. The Kier molecular flexibility index (Phi) is 4.57. The minimum absolute atomic E-state index is 0.140. The maximum Gasteiger partial charge on any atom is 0.256 e. The molecule has 0 saturated carbocycles. The molecule has 0 bridgehead atoms. The Morgan fingerprint density at radius 1 is 1.20 bits per heavy atom. The van der Waals surface area contributed by atoms with Crippen molar-refractivity contribution in [3.63, 3.8) is 0 Å². The highest BCUT2D eigenvalue weighted by molar-refractivity contribution is 9.11. The Morgan fingerprint density at radius 3 is 2.40 bits per heavy atom. The molecule has 20 heavy (non-hydrogen) atoms. The summed E-state index contributed by atoms with van der Waals surface area (Å²) in [4.78, 5) is 23.2. The third-order valence-corrected chi connectivity index (χ3v) is 4.23. The lowest BCUT2D eigenvalue weighted by Gasteiger charge is -2.12. The predicted molar refractivity (Wildman–Crippen MR) is 85.5 cm³/mol. The summed E-state index contributed by atoms with van der Waals surface area (Å²) in [5.74, 6) is -0.312. The molecule has 2 aromatic rings. The van der Waals surface area contributed by atoms with Gasteiger partial charge in [-0.2, -0.15) is 0 Å². The Bertz CT molecular complexity index is 667.